The molecule has 2 unspecified atom stereocenters. The van der Waals surface area contributed by atoms with E-state index in [4.69, 9.17) is 9.47 Å². The first-order chi connectivity index (χ1) is 27.5. The number of carboxylic acids is 1. The van der Waals surface area contributed by atoms with Gasteiger partial charge >= 0.3 is 5.97 Å². The van der Waals surface area contributed by atoms with Crippen LogP contribution >= 0.6 is 0 Å². The Morgan fingerprint density at radius 3 is 2.00 bits per heavy atom. The highest BCUT2D eigenvalue weighted by molar-refractivity contribution is 7.86. The summed E-state index contributed by atoms with van der Waals surface area (Å²) in [5.74, 6) is -1.43. The second-order valence-corrected chi connectivity index (χ2v) is 22.0. The molecule has 2 aliphatic heterocycles. The van der Waals surface area contributed by atoms with E-state index in [1.165, 1.54) is 24.3 Å². The van der Waals surface area contributed by atoms with Crippen LogP contribution in [0.15, 0.2) is 70.1 Å². The number of carboxylic acid groups (broad SMARTS) is 1. The molecule has 2 atom stereocenters. The van der Waals surface area contributed by atoms with Gasteiger partial charge in [-0.25, -0.2) is 0 Å². The summed E-state index contributed by atoms with van der Waals surface area (Å²) in [6, 6.07) is 8.81. The van der Waals surface area contributed by atoms with Crippen molar-refractivity contribution in [1.82, 2.24) is 0 Å². The third-order valence-electron chi connectivity index (χ3n) is 11.4. The average Bonchev–Trinajstić information content (AvgIpc) is 3.49. The number of benzene rings is 2. The number of carbonyl (C=O) groups is 1. The second kappa shape index (κ2) is 18.5. The highest BCUT2D eigenvalue weighted by Crippen LogP contribution is 2.54. The number of hydrogen-bond acceptors (Lipinski definition) is 10. The topological polar surface area (TPSA) is 225 Å². The SMILES string of the molecule is COCCC1(C)C(C=CC=C2N(C(C)(C)CCOC(C)(C)C)c3ccc(S(=O)(=O)O)cc3C2(C)CCCS(=O)(=O)O)=[N+](CCCCCC(=O)O)c2ccc(S(=O)(=O)O)cc21. The van der Waals surface area contributed by atoms with E-state index in [2.05, 4.69) is 9.48 Å². The molecule has 4 N–H and O–H groups in total. The van der Waals surface area contributed by atoms with Crippen molar-refractivity contribution in [3.8, 4) is 0 Å². The summed E-state index contributed by atoms with van der Waals surface area (Å²) in [6.07, 6.45) is 8.46. The van der Waals surface area contributed by atoms with Crippen molar-refractivity contribution >= 4 is 53.4 Å². The third kappa shape index (κ3) is 11.7. The minimum Gasteiger partial charge on any atom is -0.481 e. The number of rotatable bonds is 21. The van der Waals surface area contributed by atoms with Crippen molar-refractivity contribution in [2.24, 2.45) is 0 Å². The van der Waals surface area contributed by atoms with Gasteiger partial charge in [0.2, 0.25) is 5.69 Å². The maximum absolute atomic E-state index is 12.5. The average molecular weight is 898 g/mol. The zero-order chi connectivity index (χ0) is 45.1. The fourth-order valence-corrected chi connectivity index (χ4v) is 9.81. The number of ether oxygens (including phenoxy) is 2. The van der Waals surface area contributed by atoms with E-state index in [9.17, 15) is 48.8 Å². The van der Waals surface area contributed by atoms with Crippen LogP contribution in [0.3, 0.4) is 0 Å². The summed E-state index contributed by atoms with van der Waals surface area (Å²) in [6.45, 7) is 14.8. The Kier molecular flexibility index (Phi) is 15.1. The molecule has 0 aliphatic carbocycles. The van der Waals surface area contributed by atoms with Crippen molar-refractivity contribution in [3.05, 3.63) is 71.5 Å². The highest BCUT2D eigenvalue weighted by Gasteiger charge is 2.50. The van der Waals surface area contributed by atoms with E-state index in [0.29, 0.717) is 80.1 Å². The molecule has 15 nitrogen and oxygen atoms in total. The van der Waals surface area contributed by atoms with Crippen molar-refractivity contribution < 1.29 is 62.9 Å². The van der Waals surface area contributed by atoms with Crippen LogP contribution in [0.1, 0.15) is 111 Å². The number of allylic oxidation sites excluding steroid dienone is 4. The number of unbranched alkanes of at least 4 members (excludes halogenated alkanes) is 2. The molecule has 2 aromatic carbocycles. The van der Waals surface area contributed by atoms with Gasteiger partial charge in [-0.05, 0) is 129 Å². The lowest BCUT2D eigenvalue weighted by molar-refractivity contribution is -0.438. The van der Waals surface area contributed by atoms with Gasteiger partial charge in [-0.1, -0.05) is 6.08 Å². The van der Waals surface area contributed by atoms with Crippen molar-refractivity contribution in [2.75, 3.05) is 37.5 Å². The Morgan fingerprint density at radius 1 is 0.817 bits per heavy atom. The fraction of sp³-hybridized carbons (Fsp3) is 0.571. The van der Waals surface area contributed by atoms with E-state index in [1.807, 2.05) is 66.7 Å². The lowest BCUT2D eigenvalue weighted by Gasteiger charge is -2.41. The summed E-state index contributed by atoms with van der Waals surface area (Å²) < 4.78 is 117. The van der Waals surface area contributed by atoms with Gasteiger partial charge in [0.05, 0.1) is 26.6 Å². The van der Waals surface area contributed by atoms with Crippen LogP contribution in [0.2, 0.25) is 0 Å². The second-order valence-electron chi connectivity index (χ2n) is 17.6. The molecule has 0 bridgehead atoms. The van der Waals surface area contributed by atoms with Gasteiger partial charge in [0.15, 0.2) is 5.71 Å². The normalized spacial score (nSPS) is 20.7. The summed E-state index contributed by atoms with van der Waals surface area (Å²) in [5.41, 5.74) is 0.997. The maximum Gasteiger partial charge on any atom is 0.303 e. The van der Waals surface area contributed by atoms with Crippen LogP contribution in [-0.2, 0) is 55.5 Å². The minimum absolute atomic E-state index is 0.0147. The van der Waals surface area contributed by atoms with Crippen LogP contribution in [0.25, 0.3) is 0 Å². The number of methoxy groups -OCH3 is 1. The van der Waals surface area contributed by atoms with E-state index in [1.54, 1.807) is 19.2 Å². The largest absolute Gasteiger partial charge is 0.481 e. The Bertz CT molecular complexity index is 2360. The maximum atomic E-state index is 12.5. The molecule has 0 amide bonds. The number of fused-ring (bicyclic) bond motifs is 2. The predicted molar refractivity (Wildman–Crippen MR) is 229 cm³/mol. The molecule has 334 valence electrons. The Balaban J connectivity index is 1.98. The Hall–Kier alpha value is -3.49. The quantitative estimate of drug-likeness (QED) is 0.0558. The smallest absolute Gasteiger partial charge is 0.303 e. The Morgan fingerprint density at radius 2 is 1.43 bits per heavy atom. The van der Waals surface area contributed by atoms with Crippen LogP contribution in [0.4, 0.5) is 11.4 Å². The van der Waals surface area contributed by atoms with Crippen molar-refractivity contribution in [3.63, 3.8) is 0 Å². The molecule has 2 heterocycles. The monoisotopic (exact) mass is 897 g/mol. The van der Waals surface area contributed by atoms with Gasteiger partial charge in [0.25, 0.3) is 30.4 Å². The molecule has 0 spiro atoms. The first kappa shape index (κ1) is 49.2. The van der Waals surface area contributed by atoms with Gasteiger partial charge in [0.1, 0.15) is 6.54 Å². The molecule has 18 heteroatoms. The molecule has 0 fully saturated rings. The summed E-state index contributed by atoms with van der Waals surface area (Å²) in [7, 11) is -12.0. The number of anilines is 1. The number of hydrogen-bond donors (Lipinski definition) is 4. The van der Waals surface area contributed by atoms with Crippen LogP contribution < -0.4 is 4.90 Å². The molecule has 60 heavy (non-hydrogen) atoms. The Labute approximate surface area is 355 Å². The van der Waals surface area contributed by atoms with Crippen LogP contribution in [0.5, 0.6) is 0 Å². The predicted octanol–water partition coefficient (Wildman–Crippen LogP) is 7.09. The van der Waals surface area contributed by atoms with Crippen molar-refractivity contribution in [2.45, 2.75) is 132 Å². The van der Waals surface area contributed by atoms with E-state index < -0.39 is 64.0 Å². The summed E-state index contributed by atoms with van der Waals surface area (Å²) >= 11 is 0. The molecular weight excluding hydrogens is 837 g/mol. The van der Waals surface area contributed by atoms with Gasteiger partial charge in [-0.2, -0.15) is 29.8 Å². The van der Waals surface area contributed by atoms with E-state index in [-0.39, 0.29) is 29.1 Å². The van der Waals surface area contributed by atoms with Crippen LogP contribution in [0, 0.1) is 0 Å². The first-order valence-corrected chi connectivity index (χ1v) is 24.4. The van der Waals surface area contributed by atoms with Crippen molar-refractivity contribution in [1.29, 1.82) is 0 Å². The molecule has 2 aromatic rings. The van der Waals surface area contributed by atoms with Gasteiger partial charge in [-0.15, -0.1) is 0 Å². The van der Waals surface area contributed by atoms with Gasteiger partial charge in [-0.3, -0.25) is 18.5 Å². The molecule has 0 saturated carbocycles. The summed E-state index contributed by atoms with van der Waals surface area (Å²) in [5, 5.41) is 9.20. The molecule has 0 radical (unpaired) electrons. The third-order valence-corrected chi connectivity index (χ3v) is 13.9. The summed E-state index contributed by atoms with van der Waals surface area (Å²) in [4.78, 5) is 12.7. The number of aliphatic carboxylic acids is 1. The lowest BCUT2D eigenvalue weighted by atomic mass is 9.76. The fourth-order valence-electron chi connectivity index (χ4n) is 8.28. The minimum atomic E-state index is -4.64. The van der Waals surface area contributed by atoms with E-state index >= 15 is 0 Å². The van der Waals surface area contributed by atoms with Crippen LogP contribution in [-0.4, -0.2) is 104 Å². The molecule has 2 aliphatic rings. The number of nitrogens with zero attached hydrogens (tertiary/aromatic N) is 2. The zero-order valence-electron chi connectivity index (χ0n) is 35.8. The standard InChI is InChI=1S/C42H60N2O13S3/c1-39(2,3)57-26-22-40(4,5)44-35-20-18-31(60(53,54)55)29-33(35)41(6,21-13-27-58(47,48)49)37(44)15-12-14-36-42(7,23-25-56-8)32-28-30(59(50,51)52)17-19-34(32)43(36)24-11-9-10-16-38(45)46/h12,14-15,17-20,28-29H,9-11,13,16,21-27H2,1-8H3,(H3-,45,46,47,48,49,50,51,52,53,54,55)/p+1. The zero-order valence-corrected chi connectivity index (χ0v) is 38.2. The lowest BCUT2D eigenvalue weighted by Crippen LogP contribution is -2.45. The first-order valence-electron chi connectivity index (χ1n) is 19.9. The molecule has 0 saturated heterocycles. The highest BCUT2D eigenvalue weighted by atomic mass is 32.2. The molecular formula is C42H61N2O13S3+. The van der Waals surface area contributed by atoms with E-state index in [0.717, 1.165) is 5.71 Å². The molecule has 0 aromatic heterocycles. The molecule has 4 rings (SSSR count). The van der Waals surface area contributed by atoms with Gasteiger partial charge < -0.3 is 19.5 Å². The van der Waals surface area contributed by atoms with Gasteiger partial charge in [0, 0.05) is 73.2 Å².